The van der Waals surface area contributed by atoms with Gasteiger partial charge in [0.1, 0.15) is 5.69 Å². The number of furan rings is 1. The van der Waals surface area contributed by atoms with E-state index in [9.17, 15) is 0 Å². The standard InChI is InChI=1S/C11H12ClN3O3/c1-16-7-5-14-9(11(15-7)17-2)8(13)6-3-4-18-10(6)12/h3-5,8H,13H2,1-2H3. The van der Waals surface area contributed by atoms with Gasteiger partial charge in [-0.05, 0) is 17.7 Å². The lowest BCUT2D eigenvalue weighted by molar-refractivity contribution is 0.355. The number of halogens is 1. The van der Waals surface area contributed by atoms with E-state index in [0.29, 0.717) is 23.0 Å². The van der Waals surface area contributed by atoms with E-state index in [1.54, 1.807) is 6.07 Å². The van der Waals surface area contributed by atoms with Gasteiger partial charge < -0.3 is 19.6 Å². The summed E-state index contributed by atoms with van der Waals surface area (Å²) in [5.74, 6) is 0.639. The van der Waals surface area contributed by atoms with Crippen LogP contribution in [-0.2, 0) is 0 Å². The zero-order valence-corrected chi connectivity index (χ0v) is 10.6. The fourth-order valence-electron chi connectivity index (χ4n) is 1.50. The highest BCUT2D eigenvalue weighted by molar-refractivity contribution is 6.29. The van der Waals surface area contributed by atoms with Gasteiger partial charge in [0.05, 0.1) is 32.7 Å². The first-order valence-corrected chi connectivity index (χ1v) is 5.48. The first kappa shape index (κ1) is 12.7. The van der Waals surface area contributed by atoms with Gasteiger partial charge in [-0.3, -0.25) is 0 Å². The van der Waals surface area contributed by atoms with Crippen LogP contribution in [0.25, 0.3) is 0 Å². The summed E-state index contributed by atoms with van der Waals surface area (Å²) < 4.78 is 15.1. The summed E-state index contributed by atoms with van der Waals surface area (Å²) in [5.41, 5.74) is 7.14. The quantitative estimate of drug-likeness (QED) is 0.911. The van der Waals surface area contributed by atoms with Crippen LogP contribution in [0.15, 0.2) is 22.9 Å². The van der Waals surface area contributed by atoms with E-state index >= 15 is 0 Å². The number of nitrogens with zero attached hydrogens (tertiary/aromatic N) is 2. The fourth-order valence-corrected chi connectivity index (χ4v) is 1.73. The highest BCUT2D eigenvalue weighted by Gasteiger charge is 2.21. The van der Waals surface area contributed by atoms with Gasteiger partial charge in [-0.2, -0.15) is 4.98 Å². The monoisotopic (exact) mass is 269 g/mol. The fraction of sp³-hybridized carbons (Fsp3) is 0.273. The Kier molecular flexibility index (Phi) is 3.69. The maximum absolute atomic E-state index is 6.06. The normalized spacial score (nSPS) is 12.2. The predicted molar refractivity (Wildman–Crippen MR) is 64.9 cm³/mol. The number of rotatable bonds is 4. The van der Waals surface area contributed by atoms with Crippen molar-refractivity contribution in [3.05, 3.63) is 35.0 Å². The molecule has 6 nitrogen and oxygen atoms in total. The molecule has 2 aromatic heterocycles. The van der Waals surface area contributed by atoms with Crippen LogP contribution in [0.5, 0.6) is 11.8 Å². The Hall–Kier alpha value is -1.79. The molecule has 2 N–H and O–H groups in total. The number of hydrogen-bond acceptors (Lipinski definition) is 6. The minimum absolute atomic E-state index is 0.224. The van der Waals surface area contributed by atoms with Crippen LogP contribution in [0.3, 0.4) is 0 Å². The topological polar surface area (TPSA) is 83.4 Å². The van der Waals surface area contributed by atoms with Crippen molar-refractivity contribution in [2.45, 2.75) is 6.04 Å². The Morgan fingerprint density at radius 1 is 1.39 bits per heavy atom. The zero-order chi connectivity index (χ0) is 13.1. The van der Waals surface area contributed by atoms with Crippen molar-refractivity contribution in [3.8, 4) is 11.8 Å². The summed E-state index contributed by atoms with van der Waals surface area (Å²) in [6.07, 6.45) is 2.92. The summed E-state index contributed by atoms with van der Waals surface area (Å²) in [4.78, 5) is 8.29. The van der Waals surface area contributed by atoms with Crippen LogP contribution < -0.4 is 15.2 Å². The Labute approximate surface area is 109 Å². The molecule has 0 spiro atoms. The van der Waals surface area contributed by atoms with E-state index in [1.807, 2.05) is 0 Å². The van der Waals surface area contributed by atoms with E-state index in [0.717, 1.165) is 0 Å². The largest absolute Gasteiger partial charge is 0.480 e. The van der Waals surface area contributed by atoms with Crippen LogP contribution >= 0.6 is 11.6 Å². The lowest BCUT2D eigenvalue weighted by atomic mass is 10.1. The van der Waals surface area contributed by atoms with Crippen molar-refractivity contribution >= 4 is 11.6 Å². The second-order valence-electron chi connectivity index (χ2n) is 3.43. The zero-order valence-electron chi connectivity index (χ0n) is 9.88. The molecule has 1 atom stereocenters. The molecule has 96 valence electrons. The summed E-state index contributed by atoms with van der Waals surface area (Å²) in [5, 5.41) is 0.224. The summed E-state index contributed by atoms with van der Waals surface area (Å²) in [6, 6.07) is 1.10. The van der Waals surface area contributed by atoms with Crippen LogP contribution in [0.4, 0.5) is 0 Å². The number of hydrogen-bond donors (Lipinski definition) is 1. The Morgan fingerprint density at radius 3 is 2.72 bits per heavy atom. The first-order chi connectivity index (χ1) is 8.67. The van der Waals surface area contributed by atoms with Crippen LogP contribution in [0.2, 0.25) is 5.22 Å². The molecule has 0 aliphatic carbocycles. The highest BCUT2D eigenvalue weighted by atomic mass is 35.5. The van der Waals surface area contributed by atoms with Gasteiger partial charge in [0.15, 0.2) is 5.22 Å². The molecule has 2 aromatic rings. The molecule has 1 unspecified atom stereocenters. The molecular formula is C11H12ClN3O3. The van der Waals surface area contributed by atoms with Crippen molar-refractivity contribution in [2.75, 3.05) is 14.2 Å². The summed E-state index contributed by atoms with van der Waals surface area (Å²) >= 11 is 5.88. The molecule has 0 aliphatic rings. The molecule has 0 aliphatic heterocycles. The number of nitrogens with two attached hydrogens (primary N) is 1. The maximum Gasteiger partial charge on any atom is 0.240 e. The molecule has 0 saturated heterocycles. The van der Waals surface area contributed by atoms with Crippen molar-refractivity contribution in [2.24, 2.45) is 5.73 Å². The van der Waals surface area contributed by atoms with E-state index < -0.39 is 6.04 Å². The minimum Gasteiger partial charge on any atom is -0.480 e. The molecule has 18 heavy (non-hydrogen) atoms. The van der Waals surface area contributed by atoms with E-state index in [2.05, 4.69) is 9.97 Å². The maximum atomic E-state index is 6.06. The van der Waals surface area contributed by atoms with Crippen LogP contribution in [-0.4, -0.2) is 24.2 Å². The smallest absolute Gasteiger partial charge is 0.240 e. The number of aromatic nitrogens is 2. The molecular weight excluding hydrogens is 258 g/mol. The molecule has 0 amide bonds. The van der Waals surface area contributed by atoms with Gasteiger partial charge in [0.25, 0.3) is 0 Å². The van der Waals surface area contributed by atoms with Gasteiger partial charge in [0.2, 0.25) is 11.8 Å². The average molecular weight is 270 g/mol. The third-order valence-corrected chi connectivity index (χ3v) is 2.73. The van der Waals surface area contributed by atoms with Gasteiger partial charge >= 0.3 is 0 Å². The van der Waals surface area contributed by atoms with Crippen LogP contribution in [0.1, 0.15) is 17.3 Å². The first-order valence-electron chi connectivity index (χ1n) is 5.10. The summed E-state index contributed by atoms with van der Waals surface area (Å²) in [6.45, 7) is 0. The molecule has 0 aromatic carbocycles. The van der Waals surface area contributed by atoms with E-state index in [-0.39, 0.29) is 5.22 Å². The lowest BCUT2D eigenvalue weighted by Gasteiger charge is -2.13. The van der Waals surface area contributed by atoms with Gasteiger partial charge in [-0.15, -0.1) is 0 Å². The van der Waals surface area contributed by atoms with Gasteiger partial charge in [-0.25, -0.2) is 4.98 Å². The van der Waals surface area contributed by atoms with Crippen molar-refractivity contribution in [1.82, 2.24) is 9.97 Å². The van der Waals surface area contributed by atoms with Gasteiger partial charge in [-0.1, -0.05) is 0 Å². The average Bonchev–Trinajstić information content (AvgIpc) is 2.83. The lowest BCUT2D eigenvalue weighted by Crippen LogP contribution is -2.15. The molecule has 0 radical (unpaired) electrons. The number of methoxy groups -OCH3 is 2. The molecule has 0 bridgehead atoms. The summed E-state index contributed by atoms with van der Waals surface area (Å²) in [7, 11) is 2.98. The second kappa shape index (κ2) is 5.24. The SMILES string of the molecule is COc1cnc(C(N)c2ccoc2Cl)c(OC)n1. The molecule has 7 heteroatoms. The Balaban J connectivity index is 2.41. The van der Waals surface area contributed by atoms with E-state index in [4.69, 9.17) is 31.2 Å². The number of ether oxygens (including phenoxy) is 2. The molecule has 0 saturated carbocycles. The highest BCUT2D eigenvalue weighted by Crippen LogP contribution is 2.30. The molecule has 0 fully saturated rings. The van der Waals surface area contributed by atoms with Crippen molar-refractivity contribution in [3.63, 3.8) is 0 Å². The molecule has 2 heterocycles. The third-order valence-electron chi connectivity index (χ3n) is 2.42. The third kappa shape index (κ3) is 2.25. The second-order valence-corrected chi connectivity index (χ2v) is 3.78. The minimum atomic E-state index is -0.579. The van der Waals surface area contributed by atoms with Crippen molar-refractivity contribution in [1.29, 1.82) is 0 Å². The Morgan fingerprint density at radius 2 is 2.17 bits per heavy atom. The molecule has 2 rings (SSSR count). The van der Waals surface area contributed by atoms with Crippen LogP contribution in [0, 0.1) is 0 Å². The predicted octanol–water partition coefficient (Wildman–Crippen LogP) is 1.79. The Bertz CT molecular complexity index is 544. The van der Waals surface area contributed by atoms with Gasteiger partial charge in [0, 0.05) is 5.56 Å². The van der Waals surface area contributed by atoms with E-state index in [1.165, 1.54) is 26.7 Å². The van der Waals surface area contributed by atoms with Crippen molar-refractivity contribution < 1.29 is 13.9 Å².